The molecule has 3 rings (SSSR count). The summed E-state index contributed by atoms with van der Waals surface area (Å²) in [5, 5.41) is 7.61. The Balaban J connectivity index is 1.60. The van der Waals surface area contributed by atoms with Crippen molar-refractivity contribution in [2.75, 3.05) is 13.2 Å². The van der Waals surface area contributed by atoms with Gasteiger partial charge in [-0.15, -0.1) is 0 Å². The van der Waals surface area contributed by atoms with E-state index in [0.717, 1.165) is 25.5 Å². The van der Waals surface area contributed by atoms with E-state index in [-0.39, 0.29) is 6.04 Å². The van der Waals surface area contributed by atoms with Gasteiger partial charge in [0.05, 0.1) is 12.6 Å². The van der Waals surface area contributed by atoms with Crippen LogP contribution in [-0.4, -0.2) is 29.4 Å². The van der Waals surface area contributed by atoms with Gasteiger partial charge in [-0.05, 0) is 26.2 Å². The van der Waals surface area contributed by atoms with Gasteiger partial charge >= 0.3 is 0 Å². The van der Waals surface area contributed by atoms with Gasteiger partial charge in [0.1, 0.15) is 0 Å². The summed E-state index contributed by atoms with van der Waals surface area (Å²) in [5.41, 5.74) is 0. The zero-order valence-electron chi connectivity index (χ0n) is 10.9. The lowest BCUT2D eigenvalue weighted by Gasteiger charge is -2.14. The zero-order chi connectivity index (χ0) is 12.4. The molecule has 0 radical (unpaired) electrons. The second-order valence-electron chi connectivity index (χ2n) is 5.42. The minimum Gasteiger partial charge on any atom is -0.380 e. The van der Waals surface area contributed by atoms with Gasteiger partial charge < -0.3 is 14.6 Å². The maximum Gasteiger partial charge on any atom is 0.243 e. The van der Waals surface area contributed by atoms with Crippen LogP contribution in [0.5, 0.6) is 0 Å². The lowest BCUT2D eigenvalue weighted by atomic mass is 10.1. The third-order valence-electron chi connectivity index (χ3n) is 3.96. The van der Waals surface area contributed by atoms with Crippen LogP contribution in [-0.2, 0) is 4.74 Å². The molecule has 1 aliphatic heterocycles. The van der Waals surface area contributed by atoms with Gasteiger partial charge in [-0.1, -0.05) is 18.0 Å². The third kappa shape index (κ3) is 2.57. The van der Waals surface area contributed by atoms with Crippen molar-refractivity contribution in [3.8, 4) is 0 Å². The molecule has 2 unspecified atom stereocenters. The first-order chi connectivity index (χ1) is 8.83. The lowest BCUT2D eigenvalue weighted by molar-refractivity contribution is 0.187. The molecule has 1 aliphatic carbocycles. The summed E-state index contributed by atoms with van der Waals surface area (Å²) in [6, 6.07) is 0.529. The molecule has 1 saturated carbocycles. The summed E-state index contributed by atoms with van der Waals surface area (Å²) in [7, 11) is 0. The number of ether oxygens (including phenoxy) is 1. The minimum atomic E-state index is 0.111. The largest absolute Gasteiger partial charge is 0.380 e. The van der Waals surface area contributed by atoms with Crippen molar-refractivity contribution < 1.29 is 9.26 Å². The van der Waals surface area contributed by atoms with Crippen molar-refractivity contribution >= 4 is 0 Å². The molecule has 0 amide bonds. The van der Waals surface area contributed by atoms with Crippen LogP contribution >= 0.6 is 0 Å². The molecule has 2 aliphatic rings. The molecule has 0 bridgehead atoms. The Morgan fingerprint density at radius 2 is 2.11 bits per heavy atom. The van der Waals surface area contributed by atoms with Crippen molar-refractivity contribution in [2.24, 2.45) is 0 Å². The smallest absolute Gasteiger partial charge is 0.243 e. The molecular formula is C13H21N3O2. The quantitative estimate of drug-likeness (QED) is 0.888. The minimum absolute atomic E-state index is 0.111. The highest BCUT2D eigenvalue weighted by molar-refractivity contribution is 5.00. The van der Waals surface area contributed by atoms with Gasteiger partial charge in [-0.3, -0.25) is 0 Å². The average molecular weight is 251 g/mol. The molecule has 1 saturated heterocycles. The molecule has 1 aromatic rings. The average Bonchev–Trinajstić information content (AvgIpc) is 3.11. The van der Waals surface area contributed by atoms with Crippen LogP contribution in [0.2, 0.25) is 0 Å². The Kier molecular flexibility index (Phi) is 3.61. The molecule has 0 aromatic carbocycles. The van der Waals surface area contributed by atoms with Crippen molar-refractivity contribution in [3.05, 3.63) is 11.7 Å². The van der Waals surface area contributed by atoms with Crippen LogP contribution in [0.4, 0.5) is 0 Å². The van der Waals surface area contributed by atoms with E-state index in [9.17, 15) is 0 Å². The Labute approximate surface area is 107 Å². The molecular weight excluding hydrogens is 230 g/mol. The van der Waals surface area contributed by atoms with E-state index in [1.165, 1.54) is 25.7 Å². The highest BCUT2D eigenvalue weighted by atomic mass is 16.5. The maximum absolute atomic E-state index is 5.38. The van der Waals surface area contributed by atoms with Crippen LogP contribution in [0.1, 0.15) is 62.7 Å². The topological polar surface area (TPSA) is 60.2 Å². The summed E-state index contributed by atoms with van der Waals surface area (Å²) in [6.07, 6.45) is 6.06. The van der Waals surface area contributed by atoms with E-state index in [0.29, 0.717) is 17.9 Å². The molecule has 1 aromatic heterocycles. The number of nitrogens with zero attached hydrogens (tertiary/aromatic N) is 2. The number of hydrogen-bond donors (Lipinski definition) is 1. The predicted molar refractivity (Wildman–Crippen MR) is 66.3 cm³/mol. The van der Waals surface area contributed by atoms with E-state index in [1.54, 1.807) is 0 Å². The van der Waals surface area contributed by atoms with Gasteiger partial charge in [0.15, 0.2) is 5.82 Å². The van der Waals surface area contributed by atoms with Crippen LogP contribution in [0.25, 0.3) is 0 Å². The fraction of sp³-hybridized carbons (Fsp3) is 0.846. The van der Waals surface area contributed by atoms with Crippen molar-refractivity contribution in [1.29, 1.82) is 0 Å². The molecule has 5 heteroatoms. The number of aromatic nitrogens is 2. The van der Waals surface area contributed by atoms with E-state index in [2.05, 4.69) is 22.4 Å². The number of nitrogens with one attached hydrogen (secondary N) is 1. The first kappa shape index (κ1) is 12.1. The lowest BCUT2D eigenvalue weighted by Crippen LogP contribution is -2.31. The van der Waals surface area contributed by atoms with Gasteiger partial charge in [0.25, 0.3) is 0 Å². The Bertz CT molecular complexity index is 381. The van der Waals surface area contributed by atoms with Crippen LogP contribution < -0.4 is 5.32 Å². The fourth-order valence-corrected chi connectivity index (χ4v) is 2.86. The van der Waals surface area contributed by atoms with Crippen LogP contribution in [0.15, 0.2) is 4.52 Å². The normalized spacial score (nSPS) is 26.8. The van der Waals surface area contributed by atoms with Gasteiger partial charge in [-0.25, -0.2) is 0 Å². The Hall–Kier alpha value is -0.940. The van der Waals surface area contributed by atoms with E-state index in [4.69, 9.17) is 9.26 Å². The molecule has 100 valence electrons. The van der Waals surface area contributed by atoms with E-state index < -0.39 is 0 Å². The summed E-state index contributed by atoms with van der Waals surface area (Å²) in [4.78, 5) is 4.55. The molecule has 2 fully saturated rings. The van der Waals surface area contributed by atoms with Crippen LogP contribution in [0, 0.1) is 0 Å². The van der Waals surface area contributed by atoms with Crippen molar-refractivity contribution in [2.45, 2.75) is 57.0 Å². The van der Waals surface area contributed by atoms with E-state index in [1.807, 2.05) is 0 Å². The predicted octanol–water partition coefficient (Wildman–Crippen LogP) is 2.17. The Morgan fingerprint density at radius 3 is 2.83 bits per heavy atom. The SMILES string of the molecule is CC(NC1CCOC1)c1nc(C2CCCC2)no1. The summed E-state index contributed by atoms with van der Waals surface area (Å²) in [5.74, 6) is 2.13. The number of rotatable bonds is 4. The van der Waals surface area contributed by atoms with Gasteiger partial charge in [0.2, 0.25) is 5.89 Å². The first-order valence-electron chi connectivity index (χ1n) is 7.00. The molecule has 2 atom stereocenters. The van der Waals surface area contributed by atoms with Crippen LogP contribution in [0.3, 0.4) is 0 Å². The summed E-state index contributed by atoms with van der Waals surface area (Å²) < 4.78 is 10.7. The zero-order valence-corrected chi connectivity index (χ0v) is 10.9. The third-order valence-corrected chi connectivity index (χ3v) is 3.96. The maximum atomic E-state index is 5.38. The van der Waals surface area contributed by atoms with Gasteiger partial charge in [0, 0.05) is 18.6 Å². The summed E-state index contributed by atoms with van der Waals surface area (Å²) >= 11 is 0. The number of hydrogen-bond acceptors (Lipinski definition) is 5. The second kappa shape index (κ2) is 5.36. The molecule has 0 spiro atoms. The highest BCUT2D eigenvalue weighted by Gasteiger charge is 2.25. The van der Waals surface area contributed by atoms with E-state index >= 15 is 0 Å². The molecule has 18 heavy (non-hydrogen) atoms. The van der Waals surface area contributed by atoms with Crippen molar-refractivity contribution in [3.63, 3.8) is 0 Å². The van der Waals surface area contributed by atoms with Crippen molar-refractivity contribution in [1.82, 2.24) is 15.5 Å². The highest BCUT2D eigenvalue weighted by Crippen LogP contribution is 2.32. The molecule has 1 N–H and O–H groups in total. The monoisotopic (exact) mass is 251 g/mol. The second-order valence-corrected chi connectivity index (χ2v) is 5.42. The molecule has 2 heterocycles. The van der Waals surface area contributed by atoms with Gasteiger partial charge in [-0.2, -0.15) is 4.98 Å². The first-order valence-corrected chi connectivity index (χ1v) is 7.00. The summed E-state index contributed by atoms with van der Waals surface area (Å²) in [6.45, 7) is 3.71. The fourth-order valence-electron chi connectivity index (χ4n) is 2.86. The Morgan fingerprint density at radius 1 is 1.28 bits per heavy atom. The molecule has 5 nitrogen and oxygen atoms in total. The standard InChI is InChI=1S/C13H21N3O2/c1-9(14-11-6-7-17-8-11)13-15-12(16-18-13)10-4-2-3-5-10/h9-11,14H,2-8H2,1H3.